The van der Waals surface area contributed by atoms with Gasteiger partial charge in [-0.25, -0.2) is 8.78 Å². The predicted molar refractivity (Wildman–Crippen MR) is 101 cm³/mol. The minimum Gasteiger partial charge on any atom is -0.379 e. The molecule has 0 N–H and O–H groups in total. The van der Waals surface area contributed by atoms with Gasteiger partial charge in [-0.2, -0.15) is 0 Å². The molecule has 0 amide bonds. The van der Waals surface area contributed by atoms with Crippen LogP contribution in [0.15, 0.2) is 29.6 Å². The van der Waals surface area contributed by atoms with Gasteiger partial charge in [-0.05, 0) is 43.0 Å². The number of rotatable bonds is 8. The molecule has 26 heavy (non-hydrogen) atoms. The second kappa shape index (κ2) is 9.55. The number of benzene rings is 1. The second-order valence-electron chi connectivity index (χ2n) is 6.76. The number of nitrogens with zero attached hydrogens (tertiary/aromatic N) is 2. The molecule has 0 radical (unpaired) electrons. The Kier molecular flexibility index (Phi) is 7.14. The number of thiophene rings is 1. The molecule has 3 nitrogen and oxygen atoms in total. The zero-order valence-corrected chi connectivity index (χ0v) is 16.0. The van der Waals surface area contributed by atoms with E-state index < -0.39 is 11.6 Å². The highest BCUT2D eigenvalue weighted by molar-refractivity contribution is 7.10. The Balaban J connectivity index is 1.62. The lowest BCUT2D eigenvalue weighted by Gasteiger charge is -2.28. The summed E-state index contributed by atoms with van der Waals surface area (Å²) < 4.78 is 33.1. The van der Waals surface area contributed by atoms with Crippen LogP contribution in [-0.2, 0) is 17.8 Å². The third kappa shape index (κ3) is 5.33. The van der Waals surface area contributed by atoms with Gasteiger partial charge >= 0.3 is 0 Å². The van der Waals surface area contributed by atoms with Crippen LogP contribution in [0.4, 0.5) is 8.78 Å². The highest BCUT2D eigenvalue weighted by atomic mass is 32.1. The Hall–Kier alpha value is -1.34. The third-order valence-electron chi connectivity index (χ3n) is 4.81. The van der Waals surface area contributed by atoms with E-state index in [-0.39, 0.29) is 0 Å². The van der Waals surface area contributed by atoms with Crippen LogP contribution in [0.1, 0.15) is 22.4 Å². The molecule has 6 heteroatoms. The van der Waals surface area contributed by atoms with Crippen LogP contribution in [0, 0.1) is 18.6 Å². The van der Waals surface area contributed by atoms with Crippen LogP contribution in [0.2, 0.25) is 0 Å². The first-order chi connectivity index (χ1) is 12.6. The van der Waals surface area contributed by atoms with Crippen molar-refractivity contribution in [2.75, 3.05) is 39.4 Å². The summed E-state index contributed by atoms with van der Waals surface area (Å²) in [5, 5.41) is 2.08. The molecule has 1 aliphatic heterocycles. The largest absolute Gasteiger partial charge is 0.379 e. The summed E-state index contributed by atoms with van der Waals surface area (Å²) in [6.45, 7) is 8.69. The number of aryl methyl sites for hydroxylation is 1. The van der Waals surface area contributed by atoms with Gasteiger partial charge in [0.25, 0.3) is 0 Å². The van der Waals surface area contributed by atoms with E-state index in [1.165, 1.54) is 16.5 Å². The molecule has 2 heterocycles. The smallest absolute Gasteiger partial charge is 0.163 e. The first-order valence-electron chi connectivity index (χ1n) is 9.12. The molecule has 0 saturated carbocycles. The molecule has 3 rings (SSSR count). The maximum absolute atomic E-state index is 14.1. The van der Waals surface area contributed by atoms with Crippen molar-refractivity contribution in [1.82, 2.24) is 9.80 Å². The number of halogens is 2. The van der Waals surface area contributed by atoms with Crippen molar-refractivity contribution >= 4 is 11.3 Å². The van der Waals surface area contributed by atoms with Crippen molar-refractivity contribution in [2.24, 2.45) is 0 Å². The molecule has 142 valence electrons. The molecule has 2 aromatic rings. The molecule has 0 spiro atoms. The van der Waals surface area contributed by atoms with Gasteiger partial charge in [-0.15, -0.1) is 11.3 Å². The summed E-state index contributed by atoms with van der Waals surface area (Å²) in [5.74, 6) is -1.50. The van der Waals surface area contributed by atoms with E-state index in [1.807, 2.05) is 0 Å². The molecule has 0 aliphatic carbocycles. The van der Waals surface area contributed by atoms with Gasteiger partial charge in [0.05, 0.1) is 13.2 Å². The molecule has 0 bridgehead atoms. The van der Waals surface area contributed by atoms with Crippen molar-refractivity contribution in [3.05, 3.63) is 57.3 Å². The number of hydrogen-bond donors (Lipinski definition) is 0. The van der Waals surface area contributed by atoms with E-state index in [0.717, 1.165) is 52.4 Å². The molecule has 0 unspecified atom stereocenters. The average molecular weight is 381 g/mol. The first-order valence-corrected chi connectivity index (χ1v) is 10.00. The van der Waals surface area contributed by atoms with Gasteiger partial charge in [-0.1, -0.05) is 12.1 Å². The SMILES string of the molecule is Cc1ccsc1CN(CCCN1CCOCC1)Cc1cccc(F)c1F. The maximum atomic E-state index is 14.1. The zero-order chi connectivity index (χ0) is 18.4. The van der Waals surface area contributed by atoms with E-state index in [1.54, 1.807) is 23.5 Å². The lowest BCUT2D eigenvalue weighted by molar-refractivity contribution is 0.0358. The molecular formula is C20H26F2N2OS. The monoisotopic (exact) mass is 380 g/mol. The average Bonchev–Trinajstić information content (AvgIpc) is 3.04. The quantitative estimate of drug-likeness (QED) is 0.687. The molecule has 1 aromatic carbocycles. The van der Waals surface area contributed by atoms with Crippen molar-refractivity contribution in [3.8, 4) is 0 Å². The minimum absolute atomic E-state index is 0.421. The third-order valence-corrected chi connectivity index (χ3v) is 5.82. The van der Waals surface area contributed by atoms with Gasteiger partial charge < -0.3 is 4.74 Å². The van der Waals surface area contributed by atoms with Crippen molar-refractivity contribution in [2.45, 2.75) is 26.4 Å². The van der Waals surface area contributed by atoms with Crippen molar-refractivity contribution < 1.29 is 13.5 Å². The number of hydrogen-bond acceptors (Lipinski definition) is 4. The van der Waals surface area contributed by atoms with Gasteiger partial charge in [0.1, 0.15) is 0 Å². The fourth-order valence-electron chi connectivity index (χ4n) is 3.24. The Morgan fingerprint density at radius 2 is 1.96 bits per heavy atom. The van der Waals surface area contributed by atoms with Crippen LogP contribution in [0.25, 0.3) is 0 Å². The molecule has 1 fully saturated rings. The van der Waals surface area contributed by atoms with E-state index in [0.29, 0.717) is 12.1 Å². The summed E-state index contributed by atoms with van der Waals surface area (Å²) >= 11 is 1.72. The molecule has 1 aromatic heterocycles. The Morgan fingerprint density at radius 1 is 1.15 bits per heavy atom. The van der Waals surface area contributed by atoms with Crippen molar-refractivity contribution in [3.63, 3.8) is 0 Å². The zero-order valence-electron chi connectivity index (χ0n) is 15.2. The Bertz CT molecular complexity index is 701. The fraction of sp³-hybridized carbons (Fsp3) is 0.500. The topological polar surface area (TPSA) is 15.7 Å². The lowest BCUT2D eigenvalue weighted by Crippen LogP contribution is -2.38. The summed E-state index contributed by atoms with van der Waals surface area (Å²) in [7, 11) is 0. The molecule has 1 saturated heterocycles. The predicted octanol–water partition coefficient (Wildman–Crippen LogP) is 4.06. The minimum atomic E-state index is -0.775. The highest BCUT2D eigenvalue weighted by Gasteiger charge is 2.15. The van der Waals surface area contributed by atoms with Crippen LogP contribution < -0.4 is 0 Å². The van der Waals surface area contributed by atoms with E-state index in [9.17, 15) is 8.78 Å². The standard InChI is InChI=1S/C20H26F2N2OS/c1-16-6-13-26-19(16)15-24(8-3-7-23-9-11-25-12-10-23)14-17-4-2-5-18(21)20(17)22/h2,4-6,13H,3,7-12,14-15H2,1H3. The van der Waals surface area contributed by atoms with Gasteiger partial charge in [-0.3, -0.25) is 9.80 Å². The molecule has 0 atom stereocenters. The van der Waals surface area contributed by atoms with E-state index in [4.69, 9.17) is 4.74 Å². The van der Waals surface area contributed by atoms with Crippen LogP contribution in [0.3, 0.4) is 0 Å². The van der Waals surface area contributed by atoms with Crippen LogP contribution in [-0.4, -0.2) is 49.2 Å². The lowest BCUT2D eigenvalue weighted by atomic mass is 10.1. The first kappa shape index (κ1) is 19.4. The van der Waals surface area contributed by atoms with Gasteiger partial charge in [0.15, 0.2) is 11.6 Å². The summed E-state index contributed by atoms with van der Waals surface area (Å²) in [4.78, 5) is 5.91. The maximum Gasteiger partial charge on any atom is 0.163 e. The van der Waals surface area contributed by atoms with Crippen molar-refractivity contribution in [1.29, 1.82) is 0 Å². The summed E-state index contributed by atoms with van der Waals surface area (Å²) in [6.07, 6.45) is 1.00. The van der Waals surface area contributed by atoms with Crippen LogP contribution in [0.5, 0.6) is 0 Å². The highest BCUT2D eigenvalue weighted by Crippen LogP contribution is 2.21. The van der Waals surface area contributed by atoms with Crippen LogP contribution >= 0.6 is 11.3 Å². The summed E-state index contributed by atoms with van der Waals surface area (Å²) in [5.41, 5.74) is 1.68. The molecular weight excluding hydrogens is 354 g/mol. The fourth-order valence-corrected chi connectivity index (χ4v) is 4.18. The number of morpholine rings is 1. The molecule has 1 aliphatic rings. The summed E-state index contributed by atoms with van der Waals surface area (Å²) in [6, 6.07) is 6.53. The van der Waals surface area contributed by atoms with E-state index >= 15 is 0 Å². The van der Waals surface area contributed by atoms with Gasteiger partial charge in [0, 0.05) is 43.2 Å². The van der Waals surface area contributed by atoms with Gasteiger partial charge in [0.2, 0.25) is 0 Å². The second-order valence-corrected chi connectivity index (χ2v) is 7.76. The van der Waals surface area contributed by atoms with E-state index in [2.05, 4.69) is 28.2 Å². The Labute approximate surface area is 158 Å². The number of ether oxygens (including phenoxy) is 1. The normalized spacial score (nSPS) is 15.7. The Morgan fingerprint density at radius 3 is 2.69 bits per heavy atom.